The van der Waals surface area contributed by atoms with Crippen molar-refractivity contribution in [3.8, 4) is 5.75 Å². The lowest BCUT2D eigenvalue weighted by Crippen LogP contribution is -2.58. The molecule has 32 heavy (non-hydrogen) atoms. The molecule has 2 unspecified atom stereocenters. The Morgan fingerprint density at radius 3 is 2.59 bits per heavy atom. The summed E-state index contributed by atoms with van der Waals surface area (Å²) in [5.74, 6) is -0.257. The molecule has 0 aliphatic heterocycles. The predicted molar refractivity (Wildman–Crippen MR) is 115 cm³/mol. The van der Waals surface area contributed by atoms with Crippen LogP contribution in [-0.2, 0) is 12.5 Å². The lowest BCUT2D eigenvalue weighted by Gasteiger charge is -2.49. The number of aromatic nitrogens is 2. The highest BCUT2D eigenvalue weighted by atomic mass is 35.5. The van der Waals surface area contributed by atoms with Gasteiger partial charge in [0.2, 0.25) is 0 Å². The molecule has 1 aromatic heterocycles. The Labute approximate surface area is 186 Å². The van der Waals surface area contributed by atoms with E-state index in [9.17, 15) is 28.2 Å². The van der Waals surface area contributed by atoms with Crippen molar-refractivity contribution >= 4 is 28.1 Å². The first-order chi connectivity index (χ1) is 14.8. The molecule has 10 heteroatoms. The molecule has 4 rings (SSSR count). The van der Waals surface area contributed by atoms with E-state index >= 15 is 0 Å². The van der Waals surface area contributed by atoms with Gasteiger partial charge in [-0.25, -0.2) is 4.68 Å². The van der Waals surface area contributed by atoms with E-state index in [1.165, 1.54) is 37.5 Å². The number of halogens is 4. The van der Waals surface area contributed by atoms with Gasteiger partial charge in [0.05, 0.1) is 22.6 Å². The number of anilines is 1. The number of phenolic OH excluding ortho intramolecular Hbond substituents is 1. The molecule has 6 nitrogen and oxygen atoms in total. The average molecular weight is 468 g/mol. The Bertz CT molecular complexity index is 1290. The van der Waals surface area contributed by atoms with Crippen molar-refractivity contribution in [2.75, 3.05) is 5.32 Å². The minimum Gasteiger partial charge on any atom is -0.506 e. The fourth-order valence-electron chi connectivity index (χ4n) is 4.53. The Morgan fingerprint density at radius 2 is 1.94 bits per heavy atom. The van der Waals surface area contributed by atoms with Crippen LogP contribution in [0.2, 0.25) is 5.02 Å². The quantitative estimate of drug-likeness (QED) is 0.519. The lowest BCUT2D eigenvalue weighted by molar-refractivity contribution is -0.275. The smallest absolute Gasteiger partial charge is 0.419 e. The minimum atomic E-state index is -4.98. The molecule has 1 heterocycles. The van der Waals surface area contributed by atoms with E-state index in [4.69, 9.17) is 11.6 Å². The van der Waals surface area contributed by atoms with Crippen LogP contribution in [0.25, 0.3) is 10.8 Å². The van der Waals surface area contributed by atoms with E-state index < -0.39 is 35.2 Å². The van der Waals surface area contributed by atoms with Crippen LogP contribution in [0, 0.1) is 0 Å². The van der Waals surface area contributed by atoms with Crippen molar-refractivity contribution in [2.45, 2.75) is 43.5 Å². The number of nitrogens with one attached hydrogen (secondary N) is 1. The van der Waals surface area contributed by atoms with Crippen molar-refractivity contribution in [1.82, 2.24) is 9.78 Å². The fourth-order valence-corrected chi connectivity index (χ4v) is 4.71. The molecule has 2 aromatic carbocycles. The minimum absolute atomic E-state index is 0.109. The molecular weight excluding hydrogens is 447 g/mol. The molecule has 0 saturated carbocycles. The van der Waals surface area contributed by atoms with Gasteiger partial charge in [-0.05, 0) is 47.2 Å². The summed E-state index contributed by atoms with van der Waals surface area (Å²) in [6.45, 7) is 3.13. The summed E-state index contributed by atoms with van der Waals surface area (Å²) in [7, 11) is 1.47. The average Bonchev–Trinajstić information content (AvgIpc) is 2.68. The molecular formula is C22H21ClF3N3O3. The molecule has 3 aromatic rings. The second-order valence-corrected chi connectivity index (χ2v) is 9.20. The largest absolute Gasteiger partial charge is 0.506 e. The highest BCUT2D eigenvalue weighted by molar-refractivity contribution is 6.32. The third-order valence-corrected chi connectivity index (χ3v) is 6.43. The summed E-state index contributed by atoms with van der Waals surface area (Å²) in [4.78, 5) is 12.4. The number of phenols is 1. The molecule has 0 fully saturated rings. The zero-order valence-corrected chi connectivity index (χ0v) is 18.2. The number of nitrogens with zero attached hydrogens (tertiary/aromatic N) is 2. The number of aromatic hydroxyl groups is 1. The molecule has 0 spiro atoms. The molecule has 0 saturated heterocycles. The van der Waals surface area contributed by atoms with E-state index in [1.807, 2.05) is 0 Å². The first kappa shape index (κ1) is 22.4. The first-order valence-corrected chi connectivity index (χ1v) is 10.2. The van der Waals surface area contributed by atoms with Crippen molar-refractivity contribution < 1.29 is 23.4 Å². The maximum Gasteiger partial charge on any atom is 0.419 e. The van der Waals surface area contributed by atoms with Gasteiger partial charge in [-0.3, -0.25) is 4.79 Å². The normalized spacial score (nSPS) is 22.6. The number of aliphatic hydroxyl groups is 1. The first-order valence-electron chi connectivity index (χ1n) is 9.80. The van der Waals surface area contributed by atoms with Gasteiger partial charge in [0.15, 0.2) is 5.60 Å². The van der Waals surface area contributed by atoms with E-state index in [-0.39, 0.29) is 27.4 Å². The fraction of sp³-hybridized carbons (Fsp3) is 0.364. The van der Waals surface area contributed by atoms with Crippen LogP contribution >= 0.6 is 11.6 Å². The van der Waals surface area contributed by atoms with Gasteiger partial charge in [0.1, 0.15) is 5.75 Å². The van der Waals surface area contributed by atoms with Gasteiger partial charge in [-0.1, -0.05) is 31.5 Å². The maximum atomic E-state index is 14.3. The summed E-state index contributed by atoms with van der Waals surface area (Å²) >= 11 is 6.05. The molecule has 2 atom stereocenters. The van der Waals surface area contributed by atoms with Crippen LogP contribution in [0.5, 0.6) is 5.75 Å². The van der Waals surface area contributed by atoms with E-state index in [2.05, 4.69) is 10.4 Å². The third-order valence-electron chi connectivity index (χ3n) is 6.13. The molecule has 3 N–H and O–H groups in total. The standard InChI is InChI=1S/C22H21ClF3N3O3/c1-20(2)10-21(32,22(24,25)26)18(12-7-15(23)17(30)8-14(12)20)28-16-6-4-5-11-13(16)9-27-29(3)19(11)31/h4-9,18,28,30,32H,10H2,1-3H3. The summed E-state index contributed by atoms with van der Waals surface area (Å²) in [6.07, 6.45) is -4.26. The van der Waals surface area contributed by atoms with Gasteiger partial charge in [0, 0.05) is 18.1 Å². The van der Waals surface area contributed by atoms with Crippen LogP contribution in [0.15, 0.2) is 41.3 Å². The second-order valence-electron chi connectivity index (χ2n) is 8.79. The highest BCUT2D eigenvalue weighted by Gasteiger charge is 2.63. The number of hydrogen-bond donors (Lipinski definition) is 3. The number of rotatable bonds is 2. The van der Waals surface area contributed by atoms with Crippen molar-refractivity contribution in [3.63, 3.8) is 0 Å². The number of fused-ring (bicyclic) bond motifs is 2. The third kappa shape index (κ3) is 3.31. The number of hydrogen-bond acceptors (Lipinski definition) is 5. The summed E-state index contributed by atoms with van der Waals surface area (Å²) in [6, 6.07) is 5.52. The number of alkyl halides is 3. The highest BCUT2D eigenvalue weighted by Crippen LogP contribution is 2.55. The molecule has 1 aliphatic rings. The zero-order chi connectivity index (χ0) is 23.6. The van der Waals surface area contributed by atoms with Crippen LogP contribution in [0.1, 0.15) is 37.4 Å². The Morgan fingerprint density at radius 1 is 1.25 bits per heavy atom. The van der Waals surface area contributed by atoms with Gasteiger partial charge in [0.25, 0.3) is 5.56 Å². The summed E-state index contributed by atoms with van der Waals surface area (Å²) in [5.41, 5.74) is -3.93. The van der Waals surface area contributed by atoms with Crippen LogP contribution < -0.4 is 10.9 Å². The summed E-state index contributed by atoms with van der Waals surface area (Å²) in [5, 5.41) is 28.4. The van der Waals surface area contributed by atoms with Crippen molar-refractivity contribution in [2.24, 2.45) is 7.05 Å². The number of benzene rings is 2. The van der Waals surface area contributed by atoms with E-state index in [0.717, 1.165) is 4.68 Å². The van der Waals surface area contributed by atoms with Crippen molar-refractivity contribution in [1.29, 1.82) is 0 Å². The van der Waals surface area contributed by atoms with E-state index in [1.54, 1.807) is 19.9 Å². The SMILES string of the molecule is Cn1ncc2c(NC3c4cc(Cl)c(O)cc4C(C)(C)CC3(O)C(F)(F)F)cccc2c1=O. The lowest BCUT2D eigenvalue weighted by atomic mass is 9.63. The number of aryl methyl sites for hydroxylation is 1. The summed E-state index contributed by atoms with van der Waals surface area (Å²) < 4.78 is 44.0. The molecule has 0 amide bonds. The molecule has 0 bridgehead atoms. The van der Waals surface area contributed by atoms with Gasteiger partial charge >= 0.3 is 6.18 Å². The predicted octanol–water partition coefficient (Wildman–Crippen LogP) is 4.42. The monoisotopic (exact) mass is 467 g/mol. The second kappa shape index (κ2) is 7.11. The van der Waals surface area contributed by atoms with Crippen molar-refractivity contribution in [3.05, 3.63) is 63.0 Å². The Balaban J connectivity index is 1.97. The topological polar surface area (TPSA) is 87.4 Å². The van der Waals surface area contributed by atoms with Crippen LogP contribution in [-0.4, -0.2) is 31.8 Å². The zero-order valence-electron chi connectivity index (χ0n) is 17.5. The van der Waals surface area contributed by atoms with Gasteiger partial charge in [-0.2, -0.15) is 18.3 Å². The molecule has 1 aliphatic carbocycles. The van der Waals surface area contributed by atoms with Gasteiger partial charge < -0.3 is 15.5 Å². The van der Waals surface area contributed by atoms with E-state index in [0.29, 0.717) is 10.9 Å². The van der Waals surface area contributed by atoms with Crippen LogP contribution in [0.4, 0.5) is 18.9 Å². The molecule has 170 valence electrons. The Hall–Kier alpha value is -2.78. The Kier molecular flexibility index (Phi) is 4.98. The van der Waals surface area contributed by atoms with Gasteiger partial charge in [-0.15, -0.1) is 0 Å². The van der Waals surface area contributed by atoms with Crippen LogP contribution in [0.3, 0.4) is 0 Å². The maximum absolute atomic E-state index is 14.3. The molecule has 0 radical (unpaired) electrons.